The Morgan fingerprint density at radius 2 is 2.14 bits per heavy atom. The lowest BCUT2D eigenvalue weighted by atomic mass is 10.3. The summed E-state index contributed by atoms with van der Waals surface area (Å²) >= 11 is 0. The van der Waals surface area contributed by atoms with E-state index < -0.39 is 5.82 Å². The number of nitrogens with one attached hydrogen (secondary N) is 1. The monoisotopic (exact) mass is 305 g/mol. The zero-order valence-corrected chi connectivity index (χ0v) is 11.4. The van der Waals surface area contributed by atoms with Crippen LogP contribution >= 0.6 is 0 Å². The first-order valence-electron chi connectivity index (χ1n) is 6.61. The minimum atomic E-state index is -0.542. The van der Waals surface area contributed by atoms with Gasteiger partial charge in [0.05, 0.1) is 18.9 Å². The maximum Gasteiger partial charge on any atom is 0.316 e. The molecule has 0 aliphatic carbocycles. The fraction of sp³-hybridized carbons (Fsp3) is 0.308. The predicted molar refractivity (Wildman–Crippen MR) is 71.8 cm³/mol. The molecular formula is C13H12FN5O3. The van der Waals surface area contributed by atoms with Crippen LogP contribution in [0.1, 0.15) is 16.9 Å². The number of nitrogens with zero attached hydrogens (tertiary/aromatic N) is 4. The van der Waals surface area contributed by atoms with Gasteiger partial charge >= 0.3 is 6.01 Å². The molecule has 114 valence electrons. The number of ether oxygens (including phenoxy) is 1. The normalized spacial score (nSPS) is 17.5. The zero-order chi connectivity index (χ0) is 15.5. The van der Waals surface area contributed by atoms with Gasteiger partial charge in [0, 0.05) is 19.0 Å². The molecule has 0 saturated carbocycles. The fourth-order valence-corrected chi connectivity index (χ4v) is 2.14. The molecule has 3 heterocycles. The minimum Gasteiger partial charge on any atom is -0.458 e. The number of H-pyrrole nitrogens is 1. The van der Waals surface area contributed by atoms with Gasteiger partial charge in [-0.3, -0.25) is 9.59 Å². The lowest BCUT2D eigenvalue weighted by Crippen LogP contribution is -2.32. The van der Waals surface area contributed by atoms with E-state index in [9.17, 15) is 14.0 Å². The van der Waals surface area contributed by atoms with Gasteiger partial charge in [-0.1, -0.05) is 0 Å². The summed E-state index contributed by atoms with van der Waals surface area (Å²) in [5.74, 6) is -0.831. The number of hydrogen-bond donors (Lipinski definition) is 1. The van der Waals surface area contributed by atoms with Gasteiger partial charge in [0.25, 0.3) is 11.5 Å². The molecule has 1 aliphatic heterocycles. The zero-order valence-electron chi connectivity index (χ0n) is 11.4. The summed E-state index contributed by atoms with van der Waals surface area (Å²) in [6, 6.07) is 2.69. The lowest BCUT2D eigenvalue weighted by molar-refractivity contribution is 0.0762. The highest BCUT2D eigenvalue weighted by Crippen LogP contribution is 2.16. The second-order valence-electron chi connectivity index (χ2n) is 4.77. The van der Waals surface area contributed by atoms with E-state index in [0.29, 0.717) is 19.5 Å². The van der Waals surface area contributed by atoms with Crippen LogP contribution in [0, 0.1) is 5.82 Å². The summed E-state index contributed by atoms with van der Waals surface area (Å²) in [6.07, 6.45) is 2.38. The molecular weight excluding hydrogens is 293 g/mol. The lowest BCUT2D eigenvalue weighted by Gasteiger charge is -2.15. The van der Waals surface area contributed by atoms with E-state index in [1.165, 1.54) is 12.1 Å². The molecule has 2 aromatic rings. The van der Waals surface area contributed by atoms with E-state index in [0.717, 1.165) is 12.4 Å². The van der Waals surface area contributed by atoms with Crippen molar-refractivity contribution in [2.24, 2.45) is 0 Å². The molecule has 3 rings (SSSR count). The first-order valence-corrected chi connectivity index (χ1v) is 6.61. The summed E-state index contributed by atoms with van der Waals surface area (Å²) in [5.41, 5.74) is -0.203. The Kier molecular flexibility index (Phi) is 3.77. The number of amides is 1. The largest absolute Gasteiger partial charge is 0.458 e. The average molecular weight is 305 g/mol. The number of halogens is 1. The van der Waals surface area contributed by atoms with Crippen LogP contribution in [0.2, 0.25) is 0 Å². The van der Waals surface area contributed by atoms with Crippen molar-refractivity contribution in [2.45, 2.75) is 12.5 Å². The van der Waals surface area contributed by atoms with Gasteiger partial charge in [-0.2, -0.15) is 5.10 Å². The molecule has 0 bridgehead atoms. The summed E-state index contributed by atoms with van der Waals surface area (Å²) in [6.45, 7) is 0.839. The van der Waals surface area contributed by atoms with Crippen molar-refractivity contribution in [1.82, 2.24) is 25.1 Å². The number of aromatic amines is 1. The highest BCUT2D eigenvalue weighted by Gasteiger charge is 2.29. The molecule has 1 N–H and O–H groups in total. The van der Waals surface area contributed by atoms with E-state index in [1.54, 1.807) is 4.90 Å². The number of carbonyl (C=O) groups is 1. The van der Waals surface area contributed by atoms with Crippen LogP contribution in [0.5, 0.6) is 6.01 Å². The molecule has 1 amide bonds. The Labute approximate surface area is 124 Å². The quantitative estimate of drug-likeness (QED) is 0.856. The van der Waals surface area contributed by atoms with Crippen molar-refractivity contribution in [1.29, 1.82) is 0 Å². The standard InChI is InChI=1S/C13H12FN5O3/c14-8-5-15-13(16-6-8)22-9-3-4-19(7-9)12(21)10-1-2-11(20)18-17-10/h1-2,5-6,9H,3-4,7H2,(H,18,20)/t9-/m0/s1. The summed E-state index contributed by atoms with van der Waals surface area (Å²) in [7, 11) is 0. The summed E-state index contributed by atoms with van der Waals surface area (Å²) in [4.78, 5) is 32.1. The van der Waals surface area contributed by atoms with Crippen LogP contribution < -0.4 is 10.3 Å². The van der Waals surface area contributed by atoms with Crippen LogP contribution in [0.4, 0.5) is 4.39 Å². The predicted octanol–water partition coefficient (Wildman–Crippen LogP) is -0.00750. The molecule has 22 heavy (non-hydrogen) atoms. The molecule has 1 saturated heterocycles. The van der Waals surface area contributed by atoms with Gasteiger partial charge in [-0.15, -0.1) is 0 Å². The van der Waals surface area contributed by atoms with E-state index in [2.05, 4.69) is 20.2 Å². The number of hydrogen-bond acceptors (Lipinski definition) is 6. The molecule has 1 aliphatic rings. The van der Waals surface area contributed by atoms with Gasteiger partial charge in [-0.05, 0) is 6.07 Å². The SMILES string of the molecule is O=C(c1ccc(=O)[nH]n1)N1CC[C@H](Oc2ncc(F)cn2)C1. The molecule has 9 heteroatoms. The number of aromatic nitrogens is 4. The Morgan fingerprint density at radius 3 is 2.82 bits per heavy atom. The number of carbonyl (C=O) groups excluding carboxylic acids is 1. The van der Waals surface area contributed by atoms with Crippen LogP contribution in [-0.2, 0) is 0 Å². The van der Waals surface area contributed by atoms with E-state index in [1.807, 2.05) is 0 Å². The minimum absolute atomic E-state index is 0.0721. The Bertz CT molecular complexity index is 713. The van der Waals surface area contributed by atoms with Crippen LogP contribution in [0.25, 0.3) is 0 Å². The molecule has 0 radical (unpaired) electrons. The molecule has 2 aromatic heterocycles. The smallest absolute Gasteiger partial charge is 0.316 e. The van der Waals surface area contributed by atoms with Crippen LogP contribution in [-0.4, -0.2) is 50.2 Å². The molecule has 0 spiro atoms. The second kappa shape index (κ2) is 5.88. The number of likely N-dealkylation sites (tertiary alicyclic amines) is 1. The van der Waals surface area contributed by atoms with Crippen molar-refractivity contribution in [3.05, 3.63) is 46.4 Å². The van der Waals surface area contributed by atoms with E-state index in [4.69, 9.17) is 4.74 Å². The van der Waals surface area contributed by atoms with E-state index >= 15 is 0 Å². The van der Waals surface area contributed by atoms with Crippen molar-refractivity contribution in [3.63, 3.8) is 0 Å². The molecule has 1 fully saturated rings. The van der Waals surface area contributed by atoms with Crippen molar-refractivity contribution in [2.75, 3.05) is 13.1 Å². The van der Waals surface area contributed by atoms with Crippen LogP contribution in [0.15, 0.2) is 29.3 Å². The van der Waals surface area contributed by atoms with Crippen molar-refractivity contribution >= 4 is 5.91 Å². The van der Waals surface area contributed by atoms with Crippen LogP contribution in [0.3, 0.4) is 0 Å². The summed E-state index contributed by atoms with van der Waals surface area (Å²) < 4.78 is 18.2. The second-order valence-corrected chi connectivity index (χ2v) is 4.77. The van der Waals surface area contributed by atoms with Crippen molar-refractivity contribution < 1.29 is 13.9 Å². The van der Waals surface area contributed by atoms with Crippen molar-refractivity contribution in [3.8, 4) is 6.01 Å². The first-order chi connectivity index (χ1) is 10.6. The third-order valence-electron chi connectivity index (χ3n) is 3.20. The Hall–Kier alpha value is -2.84. The molecule has 8 nitrogen and oxygen atoms in total. The molecule has 1 atom stereocenters. The topological polar surface area (TPSA) is 101 Å². The van der Waals surface area contributed by atoms with E-state index in [-0.39, 0.29) is 29.3 Å². The number of rotatable bonds is 3. The summed E-state index contributed by atoms with van der Waals surface area (Å²) in [5, 5.41) is 5.93. The Morgan fingerprint density at radius 1 is 1.36 bits per heavy atom. The average Bonchev–Trinajstić information content (AvgIpc) is 2.98. The maximum atomic E-state index is 12.7. The van der Waals surface area contributed by atoms with Gasteiger partial charge < -0.3 is 9.64 Å². The van der Waals surface area contributed by atoms with Gasteiger partial charge in [0.1, 0.15) is 11.8 Å². The molecule has 0 unspecified atom stereocenters. The first kappa shape index (κ1) is 14.1. The van der Waals surface area contributed by atoms with Gasteiger partial charge in [0.15, 0.2) is 5.82 Å². The fourth-order valence-electron chi connectivity index (χ4n) is 2.14. The third kappa shape index (κ3) is 3.08. The highest BCUT2D eigenvalue weighted by atomic mass is 19.1. The third-order valence-corrected chi connectivity index (χ3v) is 3.20. The Balaban J connectivity index is 1.62. The maximum absolute atomic E-state index is 12.7. The highest BCUT2D eigenvalue weighted by molar-refractivity contribution is 5.92. The van der Waals surface area contributed by atoms with Gasteiger partial charge in [0.2, 0.25) is 0 Å². The van der Waals surface area contributed by atoms with Gasteiger partial charge in [-0.25, -0.2) is 19.5 Å². The molecule has 0 aromatic carbocycles.